The van der Waals surface area contributed by atoms with Crippen LogP contribution in [0, 0.1) is 13.8 Å². The average Bonchev–Trinajstić information content (AvgIpc) is 3.50. The first-order chi connectivity index (χ1) is 14.1. The monoisotopic (exact) mass is 407 g/mol. The van der Waals surface area contributed by atoms with E-state index in [2.05, 4.69) is 56.1 Å². The van der Waals surface area contributed by atoms with Crippen molar-refractivity contribution in [1.82, 2.24) is 34.8 Å². The number of hydrogen-bond acceptors (Lipinski definition) is 4. The zero-order valence-electron chi connectivity index (χ0n) is 16.7. The van der Waals surface area contributed by atoms with Crippen molar-refractivity contribution in [2.24, 2.45) is 0 Å². The van der Waals surface area contributed by atoms with E-state index in [1.807, 2.05) is 23.0 Å². The number of thiocarbonyl (C=S) groups is 1. The fourth-order valence-electron chi connectivity index (χ4n) is 5.00. The highest BCUT2D eigenvalue weighted by atomic mass is 32.1. The van der Waals surface area contributed by atoms with Crippen LogP contribution >= 0.6 is 12.2 Å². The summed E-state index contributed by atoms with van der Waals surface area (Å²) in [4.78, 5) is 7.10. The van der Waals surface area contributed by atoms with E-state index < -0.39 is 0 Å². The van der Waals surface area contributed by atoms with Crippen LogP contribution in [-0.2, 0) is 0 Å². The quantitative estimate of drug-likeness (QED) is 0.670. The van der Waals surface area contributed by atoms with Crippen LogP contribution < -0.4 is 5.32 Å². The van der Waals surface area contributed by atoms with Crippen molar-refractivity contribution in [2.45, 2.75) is 57.7 Å². The summed E-state index contributed by atoms with van der Waals surface area (Å²) in [6.45, 7) is 4.28. The maximum Gasteiger partial charge on any atom is 0.170 e. The molecule has 1 aliphatic carbocycles. The fourth-order valence-corrected chi connectivity index (χ4v) is 5.39. The molecule has 2 atom stereocenters. The molecule has 5 rings (SSSR count). The Morgan fingerprint density at radius 1 is 1.10 bits per heavy atom. The van der Waals surface area contributed by atoms with Crippen LogP contribution in [0.2, 0.25) is 0 Å². The van der Waals surface area contributed by atoms with Crippen molar-refractivity contribution in [3.63, 3.8) is 0 Å². The van der Waals surface area contributed by atoms with E-state index in [-0.39, 0.29) is 12.1 Å². The van der Waals surface area contributed by atoms with Gasteiger partial charge in [0.05, 0.1) is 17.8 Å². The van der Waals surface area contributed by atoms with Gasteiger partial charge in [0.2, 0.25) is 0 Å². The smallest absolute Gasteiger partial charge is 0.170 e. The number of nitrogens with zero attached hydrogens (tertiary/aromatic N) is 6. The van der Waals surface area contributed by atoms with E-state index in [1.54, 1.807) is 12.7 Å². The van der Waals surface area contributed by atoms with Crippen molar-refractivity contribution >= 4 is 17.3 Å². The number of aromatic nitrogens is 5. The molecule has 2 aliphatic rings. The molecule has 2 fully saturated rings. The highest BCUT2D eigenvalue weighted by Gasteiger charge is 2.44. The number of hydrogen-bond donors (Lipinski definition) is 1. The van der Waals surface area contributed by atoms with E-state index in [9.17, 15) is 0 Å². The molecular formula is C21H25N7S. The molecule has 3 aromatic rings. The predicted octanol–water partition coefficient (Wildman–Crippen LogP) is 3.32. The van der Waals surface area contributed by atoms with Crippen molar-refractivity contribution < 1.29 is 0 Å². The lowest BCUT2D eigenvalue weighted by molar-refractivity contribution is 0.244. The molecular weight excluding hydrogens is 382 g/mol. The minimum Gasteiger partial charge on any atom is -0.352 e. The first-order valence-corrected chi connectivity index (χ1v) is 10.6. The van der Waals surface area contributed by atoms with Crippen molar-refractivity contribution in [1.29, 1.82) is 0 Å². The minimum atomic E-state index is 0.0270. The van der Waals surface area contributed by atoms with Gasteiger partial charge in [0.25, 0.3) is 0 Å². The van der Waals surface area contributed by atoms with Crippen LogP contribution in [0.15, 0.2) is 43.1 Å². The molecule has 0 bridgehead atoms. The Bertz CT molecular complexity index is 1010. The van der Waals surface area contributed by atoms with Crippen molar-refractivity contribution in [3.8, 4) is 0 Å². The van der Waals surface area contributed by atoms with Gasteiger partial charge in [-0.15, -0.1) is 10.2 Å². The molecule has 7 nitrogen and oxygen atoms in total. The molecule has 29 heavy (non-hydrogen) atoms. The fraction of sp³-hybridized carbons (Fsp3) is 0.429. The predicted molar refractivity (Wildman–Crippen MR) is 114 cm³/mol. The van der Waals surface area contributed by atoms with Crippen LogP contribution in [0.3, 0.4) is 0 Å². The second kappa shape index (κ2) is 7.26. The summed E-state index contributed by atoms with van der Waals surface area (Å²) in [7, 11) is 0. The highest BCUT2D eigenvalue weighted by molar-refractivity contribution is 7.80. The van der Waals surface area contributed by atoms with Gasteiger partial charge in [0, 0.05) is 29.2 Å². The summed E-state index contributed by atoms with van der Waals surface area (Å²) < 4.78 is 4.07. The van der Waals surface area contributed by atoms with Gasteiger partial charge in [0.1, 0.15) is 12.7 Å². The molecule has 3 aromatic heterocycles. The molecule has 0 amide bonds. The molecule has 1 N–H and O–H groups in total. The maximum atomic E-state index is 5.85. The van der Waals surface area contributed by atoms with Crippen LogP contribution in [0.5, 0.6) is 0 Å². The van der Waals surface area contributed by atoms with E-state index in [4.69, 9.17) is 12.2 Å². The third-order valence-corrected chi connectivity index (χ3v) is 6.57. The van der Waals surface area contributed by atoms with Gasteiger partial charge in [0.15, 0.2) is 5.11 Å². The van der Waals surface area contributed by atoms with Gasteiger partial charge in [-0.1, -0.05) is 18.9 Å². The lowest BCUT2D eigenvalue weighted by atomic mass is 9.95. The Morgan fingerprint density at radius 3 is 2.55 bits per heavy atom. The first-order valence-electron chi connectivity index (χ1n) is 10.2. The van der Waals surface area contributed by atoms with E-state index in [0.717, 1.165) is 16.5 Å². The molecule has 0 radical (unpaired) electrons. The van der Waals surface area contributed by atoms with Gasteiger partial charge >= 0.3 is 0 Å². The number of aryl methyl sites for hydroxylation is 1. The van der Waals surface area contributed by atoms with Gasteiger partial charge in [-0.05, 0) is 57.1 Å². The number of nitrogens with one attached hydrogen (secondary N) is 1. The Balaban J connectivity index is 1.64. The standard InChI is InChI=1S/C21H25N7S/c1-14-11-17(15(2)28(14)26-12-23-24-13-26)20-19(18-9-5-6-10-22-18)25-21(29)27(20)16-7-3-4-8-16/h5-6,9-13,16,19-20H,3-4,7-8H2,1-2H3,(H,25,29). The number of rotatable bonds is 4. The summed E-state index contributed by atoms with van der Waals surface area (Å²) in [5.74, 6) is 0. The molecule has 8 heteroatoms. The van der Waals surface area contributed by atoms with E-state index in [0.29, 0.717) is 6.04 Å². The summed E-state index contributed by atoms with van der Waals surface area (Å²) in [5, 5.41) is 12.4. The van der Waals surface area contributed by atoms with Gasteiger partial charge in [-0.25, -0.2) is 4.68 Å². The van der Waals surface area contributed by atoms with Gasteiger partial charge in [-0.2, -0.15) is 0 Å². The Hall–Kier alpha value is -2.74. The minimum absolute atomic E-state index is 0.0270. The molecule has 0 aromatic carbocycles. The Morgan fingerprint density at radius 2 is 1.86 bits per heavy atom. The van der Waals surface area contributed by atoms with Gasteiger partial charge in [-0.3, -0.25) is 9.66 Å². The zero-order chi connectivity index (χ0) is 20.0. The molecule has 1 saturated carbocycles. The molecule has 1 saturated heterocycles. The van der Waals surface area contributed by atoms with Gasteiger partial charge < -0.3 is 10.2 Å². The maximum absolute atomic E-state index is 5.85. The van der Waals surface area contributed by atoms with Crippen LogP contribution in [0.4, 0.5) is 0 Å². The van der Waals surface area contributed by atoms with Crippen molar-refractivity contribution in [2.75, 3.05) is 0 Å². The normalized spacial score (nSPS) is 22.4. The third kappa shape index (κ3) is 3.02. The molecule has 1 aliphatic heterocycles. The second-order valence-electron chi connectivity index (χ2n) is 7.95. The molecule has 4 heterocycles. The average molecular weight is 408 g/mol. The summed E-state index contributed by atoms with van der Waals surface area (Å²) in [5.41, 5.74) is 4.60. The topological polar surface area (TPSA) is 63.8 Å². The van der Waals surface area contributed by atoms with Crippen LogP contribution in [0.1, 0.15) is 60.4 Å². The summed E-state index contributed by atoms with van der Waals surface area (Å²) >= 11 is 5.85. The zero-order valence-corrected chi connectivity index (χ0v) is 17.5. The summed E-state index contributed by atoms with van der Waals surface area (Å²) in [6, 6.07) is 8.97. The second-order valence-corrected chi connectivity index (χ2v) is 8.34. The molecule has 0 spiro atoms. The summed E-state index contributed by atoms with van der Waals surface area (Å²) in [6.07, 6.45) is 10.2. The molecule has 150 valence electrons. The number of pyridine rings is 1. The molecule has 2 unspecified atom stereocenters. The SMILES string of the molecule is Cc1cc(C2C(c3ccccn3)NC(=S)N2C2CCCC2)c(C)n1-n1cnnc1. The lowest BCUT2D eigenvalue weighted by Gasteiger charge is -2.33. The van der Waals surface area contributed by atoms with E-state index in [1.165, 1.54) is 36.9 Å². The lowest BCUT2D eigenvalue weighted by Crippen LogP contribution is -2.37. The van der Waals surface area contributed by atoms with Crippen LogP contribution in [-0.4, -0.2) is 40.6 Å². The largest absolute Gasteiger partial charge is 0.352 e. The third-order valence-electron chi connectivity index (χ3n) is 6.24. The van der Waals surface area contributed by atoms with E-state index >= 15 is 0 Å². The Labute approximate surface area is 175 Å². The first kappa shape index (κ1) is 18.3. The van der Waals surface area contributed by atoms with Crippen LogP contribution in [0.25, 0.3) is 0 Å². The van der Waals surface area contributed by atoms with Crippen molar-refractivity contribution in [3.05, 3.63) is 65.8 Å². The Kier molecular flexibility index (Phi) is 4.58. The highest BCUT2D eigenvalue weighted by Crippen LogP contribution is 2.44.